The maximum Gasteiger partial charge on any atom is 0.414 e. The van der Waals surface area contributed by atoms with Gasteiger partial charge >= 0.3 is 6.09 Å². The quantitative estimate of drug-likeness (QED) is 0.155. The average molecular weight is 645 g/mol. The predicted molar refractivity (Wildman–Crippen MR) is 167 cm³/mol. The second kappa shape index (κ2) is 14.3. The largest absolute Gasteiger partial charge is 0.443 e. The fourth-order valence-corrected chi connectivity index (χ4v) is 5.12. The van der Waals surface area contributed by atoms with E-state index in [-0.39, 0.29) is 11.0 Å². The molecule has 0 aliphatic rings. The summed E-state index contributed by atoms with van der Waals surface area (Å²) in [6, 6.07) is 22.1. The summed E-state index contributed by atoms with van der Waals surface area (Å²) in [4.78, 5) is 13.9. The number of halogens is 1. The van der Waals surface area contributed by atoms with Gasteiger partial charge in [-0.05, 0) is 94.1 Å². The molecule has 2 atom stereocenters. The molecule has 2 unspecified atom stereocenters. The van der Waals surface area contributed by atoms with E-state index in [2.05, 4.69) is 15.9 Å². The molecule has 0 bridgehead atoms. The van der Waals surface area contributed by atoms with E-state index in [0.717, 1.165) is 26.9 Å². The normalized spacial score (nSPS) is 13.6. The van der Waals surface area contributed by atoms with Crippen molar-refractivity contribution in [1.82, 2.24) is 0 Å². The van der Waals surface area contributed by atoms with Crippen molar-refractivity contribution >= 4 is 50.0 Å². The average Bonchev–Trinajstić information content (AvgIpc) is 2.91. The molecule has 0 saturated carbocycles. The van der Waals surface area contributed by atoms with Gasteiger partial charge in [-0.25, -0.2) is 4.79 Å². The highest BCUT2D eigenvalue weighted by Crippen LogP contribution is 2.22. The fourth-order valence-electron chi connectivity index (χ4n) is 3.74. The number of nitrogens with zero attached hydrogens (tertiary/aromatic N) is 1. The molecule has 41 heavy (non-hydrogen) atoms. The Morgan fingerprint density at radius 1 is 0.902 bits per heavy atom. The van der Waals surface area contributed by atoms with Crippen LogP contribution in [0.3, 0.4) is 0 Å². The molecule has 0 radical (unpaired) electrons. The molecule has 3 aromatic rings. The summed E-state index contributed by atoms with van der Waals surface area (Å²) in [5.41, 5.74) is 3.27. The van der Waals surface area contributed by atoms with E-state index >= 15 is 0 Å². The highest BCUT2D eigenvalue weighted by Gasteiger charge is 2.21. The van der Waals surface area contributed by atoms with Gasteiger partial charge in [-0.1, -0.05) is 64.5 Å². The lowest BCUT2D eigenvalue weighted by atomic mass is 10.1. The first-order valence-electron chi connectivity index (χ1n) is 13.4. The van der Waals surface area contributed by atoms with Gasteiger partial charge in [0.25, 0.3) is 10.1 Å². The molecule has 3 aromatic carbocycles. The molecule has 0 fully saturated rings. The van der Waals surface area contributed by atoms with Crippen LogP contribution in [-0.4, -0.2) is 39.9 Å². The summed E-state index contributed by atoms with van der Waals surface area (Å²) in [6.07, 6.45) is 3.40. The third kappa shape index (κ3) is 10.4. The van der Waals surface area contributed by atoms with Crippen LogP contribution in [0.1, 0.15) is 63.8 Å². The van der Waals surface area contributed by atoms with Crippen LogP contribution in [-0.2, 0) is 23.8 Å². The van der Waals surface area contributed by atoms with Crippen molar-refractivity contribution in [3.63, 3.8) is 0 Å². The molecule has 0 aliphatic heterocycles. The van der Waals surface area contributed by atoms with E-state index < -0.39 is 27.9 Å². The fraction of sp³-hybridized carbons (Fsp3) is 0.344. The number of amides is 1. The molecule has 220 valence electrons. The van der Waals surface area contributed by atoms with Gasteiger partial charge in [0.1, 0.15) is 5.60 Å². The third-order valence-electron chi connectivity index (χ3n) is 6.11. The van der Waals surface area contributed by atoms with E-state index in [9.17, 15) is 13.2 Å². The summed E-state index contributed by atoms with van der Waals surface area (Å²) in [7, 11) is -2.14. The van der Waals surface area contributed by atoms with Crippen molar-refractivity contribution in [2.75, 3.05) is 18.6 Å². The van der Waals surface area contributed by atoms with Gasteiger partial charge in [-0.2, -0.15) is 8.42 Å². The highest BCUT2D eigenvalue weighted by molar-refractivity contribution is 9.10. The van der Waals surface area contributed by atoms with Crippen LogP contribution in [0.4, 0.5) is 10.5 Å². The molecular formula is C32H38BrNO6S. The minimum atomic E-state index is -3.83. The van der Waals surface area contributed by atoms with Crippen molar-refractivity contribution in [3.8, 4) is 0 Å². The summed E-state index contributed by atoms with van der Waals surface area (Å²) in [5, 5.41) is 0. The number of benzene rings is 3. The monoisotopic (exact) mass is 643 g/mol. The number of ether oxygens (including phenoxy) is 2. The van der Waals surface area contributed by atoms with Gasteiger partial charge in [0.15, 0.2) is 0 Å². The van der Waals surface area contributed by atoms with Crippen molar-refractivity contribution in [2.45, 2.75) is 63.7 Å². The third-order valence-corrected chi connectivity index (χ3v) is 8.07. The van der Waals surface area contributed by atoms with E-state index in [1.54, 1.807) is 26.1 Å². The van der Waals surface area contributed by atoms with Crippen LogP contribution in [0.25, 0.3) is 12.2 Å². The van der Waals surface area contributed by atoms with E-state index in [0.29, 0.717) is 13.0 Å². The van der Waals surface area contributed by atoms with Crippen LogP contribution in [0.5, 0.6) is 0 Å². The lowest BCUT2D eigenvalue weighted by Gasteiger charge is -2.24. The van der Waals surface area contributed by atoms with Crippen LogP contribution in [0.2, 0.25) is 0 Å². The standard InChI is InChI=1S/C32H38BrNO6S/c1-23(40-41(36,37)30-19-15-28(33)16-20-30)21-22-38-24(2)27-13-9-25(10-14-27)7-8-26-11-17-29(18-12-26)34(6)31(35)39-32(3,4)5/h7-20,23-24H,21-22H2,1-6H3/b8-7+. The molecule has 7 nitrogen and oxygen atoms in total. The van der Waals surface area contributed by atoms with Gasteiger partial charge in [-0.15, -0.1) is 0 Å². The van der Waals surface area contributed by atoms with E-state index in [4.69, 9.17) is 13.7 Å². The SMILES string of the molecule is CC(CCOC(C)c1ccc(/C=C/c2ccc(N(C)C(=O)OC(C)(C)C)cc2)cc1)OS(=O)(=O)c1ccc(Br)cc1. The van der Waals surface area contributed by atoms with Crippen LogP contribution in [0.15, 0.2) is 82.2 Å². The second-order valence-corrected chi connectivity index (χ2v) is 13.2. The number of rotatable bonds is 11. The van der Waals surface area contributed by atoms with E-state index in [1.165, 1.54) is 17.0 Å². The molecule has 0 spiro atoms. The number of carbonyl (C=O) groups excluding carboxylic acids is 1. The Balaban J connectivity index is 1.47. The van der Waals surface area contributed by atoms with Crippen LogP contribution < -0.4 is 4.90 Å². The zero-order valence-corrected chi connectivity index (χ0v) is 26.7. The molecule has 0 N–H and O–H groups in total. The molecule has 1 amide bonds. The Bertz CT molecular complexity index is 1410. The Kier molecular flexibility index (Phi) is 11.3. The zero-order chi connectivity index (χ0) is 30.2. The lowest BCUT2D eigenvalue weighted by Crippen LogP contribution is -2.34. The summed E-state index contributed by atoms with van der Waals surface area (Å²) in [6.45, 7) is 9.57. The van der Waals surface area contributed by atoms with Gasteiger partial charge < -0.3 is 9.47 Å². The first kappa shape index (κ1) is 32.5. The maximum absolute atomic E-state index is 12.5. The van der Waals surface area contributed by atoms with Gasteiger partial charge in [-0.3, -0.25) is 9.08 Å². The Morgan fingerprint density at radius 3 is 1.98 bits per heavy atom. The second-order valence-electron chi connectivity index (χ2n) is 10.7. The Morgan fingerprint density at radius 2 is 1.44 bits per heavy atom. The molecule has 0 aromatic heterocycles. The van der Waals surface area contributed by atoms with Crippen LogP contribution in [0, 0.1) is 0 Å². The Hall–Kier alpha value is -2.98. The van der Waals surface area contributed by atoms with Crippen LogP contribution >= 0.6 is 15.9 Å². The molecule has 3 rings (SSSR count). The number of hydrogen-bond donors (Lipinski definition) is 0. The zero-order valence-electron chi connectivity index (χ0n) is 24.3. The number of anilines is 1. The van der Waals surface area contributed by atoms with Crippen molar-refractivity contribution < 1.29 is 26.9 Å². The minimum Gasteiger partial charge on any atom is -0.443 e. The predicted octanol–water partition coefficient (Wildman–Crippen LogP) is 8.25. The van der Waals surface area contributed by atoms with Crippen molar-refractivity contribution in [1.29, 1.82) is 0 Å². The van der Waals surface area contributed by atoms with Gasteiger partial charge in [0.2, 0.25) is 0 Å². The molecule has 0 heterocycles. The van der Waals surface area contributed by atoms with E-state index in [1.807, 2.05) is 88.4 Å². The molecule has 0 aliphatic carbocycles. The van der Waals surface area contributed by atoms with Gasteiger partial charge in [0.05, 0.1) is 17.1 Å². The maximum atomic E-state index is 12.5. The summed E-state index contributed by atoms with van der Waals surface area (Å²) in [5.74, 6) is 0. The topological polar surface area (TPSA) is 82.1 Å². The lowest BCUT2D eigenvalue weighted by molar-refractivity contribution is 0.0464. The summed E-state index contributed by atoms with van der Waals surface area (Å²) < 4.78 is 42.4. The molecule has 9 heteroatoms. The molecule has 0 saturated heterocycles. The number of hydrogen-bond acceptors (Lipinski definition) is 6. The highest BCUT2D eigenvalue weighted by atomic mass is 79.9. The van der Waals surface area contributed by atoms with Crippen molar-refractivity contribution in [2.24, 2.45) is 0 Å². The van der Waals surface area contributed by atoms with Crippen molar-refractivity contribution in [3.05, 3.63) is 94.0 Å². The number of carbonyl (C=O) groups is 1. The molecular weight excluding hydrogens is 606 g/mol. The Labute approximate surface area is 252 Å². The smallest absolute Gasteiger partial charge is 0.414 e. The minimum absolute atomic E-state index is 0.124. The first-order chi connectivity index (χ1) is 19.2. The first-order valence-corrected chi connectivity index (χ1v) is 15.6. The summed E-state index contributed by atoms with van der Waals surface area (Å²) >= 11 is 3.30. The van der Waals surface area contributed by atoms with Gasteiger partial charge in [0, 0.05) is 23.8 Å².